The standard InChI is InChI=1S/C19H19Cl2NO3S/c1-12(15-5-3-4-6-17(15)20)22(13-7-8-13)19(23)16-11-14(26(2,24)25)9-10-18(16)21/h3-6,9-13H,7-8H2,1-2H3. The molecule has 1 fully saturated rings. The van der Waals surface area contributed by atoms with Gasteiger partial charge in [0, 0.05) is 17.3 Å². The molecule has 7 heteroatoms. The van der Waals surface area contributed by atoms with Gasteiger partial charge < -0.3 is 4.90 Å². The lowest BCUT2D eigenvalue weighted by Crippen LogP contribution is -2.36. The summed E-state index contributed by atoms with van der Waals surface area (Å²) in [5.74, 6) is -0.282. The van der Waals surface area contributed by atoms with Gasteiger partial charge in [0.1, 0.15) is 0 Å². The van der Waals surface area contributed by atoms with E-state index in [4.69, 9.17) is 23.2 Å². The van der Waals surface area contributed by atoms with Crippen LogP contribution in [0, 0.1) is 0 Å². The largest absolute Gasteiger partial charge is 0.329 e. The van der Waals surface area contributed by atoms with Crippen molar-refractivity contribution in [3.8, 4) is 0 Å². The van der Waals surface area contributed by atoms with E-state index in [9.17, 15) is 13.2 Å². The molecule has 0 saturated heterocycles. The van der Waals surface area contributed by atoms with Crippen molar-refractivity contribution in [1.29, 1.82) is 0 Å². The number of sulfone groups is 1. The van der Waals surface area contributed by atoms with Gasteiger partial charge in [0.05, 0.1) is 21.5 Å². The molecule has 1 atom stereocenters. The summed E-state index contributed by atoms with van der Waals surface area (Å²) >= 11 is 12.5. The Balaban J connectivity index is 2.02. The van der Waals surface area contributed by atoms with Gasteiger partial charge in [-0.15, -0.1) is 0 Å². The summed E-state index contributed by atoms with van der Waals surface area (Å²) in [6.07, 6.45) is 2.92. The number of rotatable bonds is 5. The Morgan fingerprint density at radius 2 is 1.77 bits per heavy atom. The third-order valence-corrected chi connectivity index (χ3v) is 6.33. The lowest BCUT2D eigenvalue weighted by Gasteiger charge is -2.31. The van der Waals surface area contributed by atoms with E-state index in [1.165, 1.54) is 18.2 Å². The van der Waals surface area contributed by atoms with Crippen LogP contribution in [0.2, 0.25) is 10.0 Å². The number of benzene rings is 2. The highest BCUT2D eigenvalue weighted by atomic mass is 35.5. The number of carbonyl (C=O) groups is 1. The fourth-order valence-corrected chi connectivity index (χ4v) is 4.15. The van der Waals surface area contributed by atoms with Crippen LogP contribution < -0.4 is 0 Å². The van der Waals surface area contributed by atoms with Crippen molar-refractivity contribution >= 4 is 38.9 Å². The van der Waals surface area contributed by atoms with E-state index in [1.54, 1.807) is 11.0 Å². The molecule has 0 aliphatic heterocycles. The van der Waals surface area contributed by atoms with Crippen molar-refractivity contribution in [3.05, 3.63) is 63.6 Å². The first kappa shape index (κ1) is 19.2. The first-order valence-electron chi connectivity index (χ1n) is 8.27. The lowest BCUT2D eigenvalue weighted by atomic mass is 10.0. The first-order valence-corrected chi connectivity index (χ1v) is 10.9. The third-order valence-electron chi connectivity index (χ3n) is 4.54. The maximum absolute atomic E-state index is 13.3. The van der Waals surface area contributed by atoms with Gasteiger partial charge in [-0.25, -0.2) is 8.42 Å². The summed E-state index contributed by atoms with van der Waals surface area (Å²) in [7, 11) is -3.44. The first-order chi connectivity index (χ1) is 12.2. The summed E-state index contributed by atoms with van der Waals surface area (Å²) in [6.45, 7) is 1.92. The fraction of sp³-hybridized carbons (Fsp3) is 0.316. The molecule has 0 heterocycles. The van der Waals surface area contributed by atoms with Crippen molar-refractivity contribution in [2.45, 2.75) is 36.7 Å². The summed E-state index contributed by atoms with van der Waals surface area (Å²) in [6, 6.07) is 11.5. The number of halogens is 2. The van der Waals surface area contributed by atoms with Crippen molar-refractivity contribution in [2.24, 2.45) is 0 Å². The van der Waals surface area contributed by atoms with Gasteiger partial charge in [0.2, 0.25) is 0 Å². The SMILES string of the molecule is CC(c1ccccc1Cl)N(C(=O)c1cc(S(C)(=O)=O)ccc1Cl)C1CC1. The van der Waals surface area contributed by atoms with Crippen LogP contribution in [0.1, 0.15) is 41.7 Å². The molecule has 2 aromatic rings. The van der Waals surface area contributed by atoms with Crippen molar-refractivity contribution in [2.75, 3.05) is 6.26 Å². The fourth-order valence-electron chi connectivity index (χ4n) is 3.01. The number of hydrogen-bond donors (Lipinski definition) is 0. The van der Waals surface area contributed by atoms with Gasteiger partial charge in [0.15, 0.2) is 9.84 Å². The second kappa shape index (κ2) is 7.22. The Morgan fingerprint density at radius 3 is 2.35 bits per heavy atom. The molecule has 0 bridgehead atoms. The van der Waals surface area contributed by atoms with Gasteiger partial charge in [-0.1, -0.05) is 41.4 Å². The zero-order valence-electron chi connectivity index (χ0n) is 14.4. The minimum Gasteiger partial charge on any atom is -0.329 e. The predicted octanol–water partition coefficient (Wildman–Crippen LogP) is 4.76. The van der Waals surface area contributed by atoms with E-state index in [1.807, 2.05) is 25.1 Å². The molecule has 3 rings (SSSR count). The van der Waals surface area contributed by atoms with Gasteiger partial charge in [-0.2, -0.15) is 0 Å². The van der Waals surface area contributed by atoms with Crippen LogP contribution in [0.3, 0.4) is 0 Å². The highest BCUT2D eigenvalue weighted by Crippen LogP contribution is 2.38. The summed E-state index contributed by atoms with van der Waals surface area (Å²) < 4.78 is 23.7. The highest BCUT2D eigenvalue weighted by molar-refractivity contribution is 7.90. The number of carbonyl (C=O) groups excluding carboxylic acids is 1. The minimum atomic E-state index is -3.44. The normalized spacial score (nSPS) is 15.5. The van der Waals surface area contributed by atoms with Crippen LogP contribution in [0.5, 0.6) is 0 Å². The van der Waals surface area contributed by atoms with Gasteiger partial charge in [-0.3, -0.25) is 4.79 Å². The molecule has 0 N–H and O–H groups in total. The molecule has 1 unspecified atom stereocenters. The second-order valence-electron chi connectivity index (χ2n) is 6.55. The molecule has 4 nitrogen and oxygen atoms in total. The van der Waals surface area contributed by atoms with Crippen LogP contribution in [0.15, 0.2) is 47.4 Å². The van der Waals surface area contributed by atoms with Crippen molar-refractivity contribution in [1.82, 2.24) is 4.90 Å². The van der Waals surface area contributed by atoms with Crippen LogP contribution >= 0.6 is 23.2 Å². The van der Waals surface area contributed by atoms with Crippen LogP contribution in [0.25, 0.3) is 0 Å². The van der Waals surface area contributed by atoms with Crippen molar-refractivity contribution < 1.29 is 13.2 Å². The van der Waals surface area contributed by atoms with Crippen molar-refractivity contribution in [3.63, 3.8) is 0 Å². The van der Waals surface area contributed by atoms with Crippen LogP contribution in [-0.2, 0) is 9.84 Å². The maximum Gasteiger partial charge on any atom is 0.256 e. The maximum atomic E-state index is 13.3. The van der Waals surface area contributed by atoms with Crippen LogP contribution in [0.4, 0.5) is 0 Å². The lowest BCUT2D eigenvalue weighted by molar-refractivity contribution is 0.0674. The molecule has 26 heavy (non-hydrogen) atoms. The molecule has 1 aliphatic carbocycles. The Labute approximate surface area is 163 Å². The van der Waals surface area contributed by atoms with E-state index >= 15 is 0 Å². The van der Waals surface area contributed by atoms with Gasteiger partial charge >= 0.3 is 0 Å². The average molecular weight is 412 g/mol. The molecule has 1 amide bonds. The second-order valence-corrected chi connectivity index (χ2v) is 9.39. The van der Waals surface area contributed by atoms with E-state index in [0.29, 0.717) is 5.02 Å². The summed E-state index contributed by atoms with van der Waals surface area (Å²) in [4.78, 5) is 15.1. The number of hydrogen-bond acceptors (Lipinski definition) is 3. The van der Waals surface area contributed by atoms with E-state index in [2.05, 4.69) is 0 Å². The predicted molar refractivity (Wildman–Crippen MR) is 104 cm³/mol. The quantitative estimate of drug-likeness (QED) is 0.712. The molecule has 138 valence electrons. The monoisotopic (exact) mass is 411 g/mol. The summed E-state index contributed by atoms with van der Waals surface area (Å²) in [5.41, 5.74) is 1.05. The molecule has 0 aromatic heterocycles. The minimum absolute atomic E-state index is 0.0754. The molecule has 1 saturated carbocycles. The molecule has 1 aliphatic rings. The zero-order valence-corrected chi connectivity index (χ0v) is 16.8. The molecule has 0 radical (unpaired) electrons. The molecule has 2 aromatic carbocycles. The zero-order chi connectivity index (χ0) is 19.1. The number of nitrogens with zero attached hydrogens (tertiary/aromatic N) is 1. The van der Waals surface area contributed by atoms with E-state index in [-0.39, 0.29) is 33.5 Å². The van der Waals surface area contributed by atoms with Gasteiger partial charge in [-0.05, 0) is 49.6 Å². The van der Waals surface area contributed by atoms with E-state index in [0.717, 1.165) is 24.7 Å². The number of amides is 1. The topological polar surface area (TPSA) is 54.5 Å². The Bertz CT molecular complexity index is 955. The Morgan fingerprint density at radius 1 is 1.12 bits per heavy atom. The molecular formula is C19H19Cl2NO3S. The highest BCUT2D eigenvalue weighted by Gasteiger charge is 2.38. The van der Waals surface area contributed by atoms with Gasteiger partial charge in [0.25, 0.3) is 5.91 Å². The third kappa shape index (κ3) is 3.90. The van der Waals surface area contributed by atoms with Crippen LogP contribution in [-0.4, -0.2) is 31.5 Å². The Hall–Kier alpha value is -1.56. The average Bonchev–Trinajstić information content (AvgIpc) is 3.39. The summed E-state index contributed by atoms with van der Waals surface area (Å²) in [5, 5.41) is 0.828. The Kier molecular flexibility index (Phi) is 5.33. The van der Waals surface area contributed by atoms with E-state index < -0.39 is 9.84 Å². The molecular weight excluding hydrogens is 393 g/mol. The smallest absolute Gasteiger partial charge is 0.256 e. The molecule has 0 spiro atoms.